The van der Waals surface area contributed by atoms with Crippen molar-refractivity contribution in [3.8, 4) is 0 Å². The molecule has 3 fully saturated rings. The lowest BCUT2D eigenvalue weighted by atomic mass is 9.56. The predicted octanol–water partition coefficient (Wildman–Crippen LogP) is 4.66. The first-order chi connectivity index (χ1) is 9.20. The molecule has 104 valence electrons. The first kappa shape index (κ1) is 12.2. The number of carbonyl (C=O) groups is 1. The van der Waals surface area contributed by atoms with Gasteiger partial charge in [0.2, 0.25) is 0 Å². The molecule has 1 unspecified atom stereocenters. The van der Waals surface area contributed by atoms with Gasteiger partial charge in [0.15, 0.2) is 0 Å². The summed E-state index contributed by atoms with van der Waals surface area (Å²) < 4.78 is 0. The van der Waals surface area contributed by atoms with Crippen molar-refractivity contribution in [3.63, 3.8) is 0 Å². The molecule has 0 heterocycles. The van der Waals surface area contributed by atoms with Crippen LogP contribution in [-0.2, 0) is 4.79 Å². The molecular weight excluding hydrogens is 232 g/mol. The Bertz CT molecular complexity index is 447. The fourth-order valence-electron chi connectivity index (χ4n) is 5.87. The molecule has 0 N–H and O–H groups in total. The molecule has 19 heavy (non-hydrogen) atoms. The molecule has 0 amide bonds. The molecule has 0 aromatic heterocycles. The van der Waals surface area contributed by atoms with E-state index in [4.69, 9.17) is 0 Å². The van der Waals surface area contributed by atoms with Crippen molar-refractivity contribution in [2.45, 2.75) is 71.1 Å². The van der Waals surface area contributed by atoms with Crippen molar-refractivity contribution in [2.75, 3.05) is 0 Å². The van der Waals surface area contributed by atoms with E-state index >= 15 is 0 Å². The minimum absolute atomic E-state index is 0.0518. The SMILES string of the molecule is C[C@]12CCC3=C4CCCCC4CC[C@H]3[C@@H]1CCC2=O. The van der Waals surface area contributed by atoms with Gasteiger partial charge in [0.05, 0.1) is 0 Å². The van der Waals surface area contributed by atoms with Gasteiger partial charge < -0.3 is 0 Å². The zero-order valence-corrected chi connectivity index (χ0v) is 12.2. The molecule has 3 saturated carbocycles. The van der Waals surface area contributed by atoms with E-state index in [1.807, 2.05) is 11.1 Å². The highest BCUT2D eigenvalue weighted by molar-refractivity contribution is 5.87. The monoisotopic (exact) mass is 258 g/mol. The van der Waals surface area contributed by atoms with Crippen molar-refractivity contribution in [1.29, 1.82) is 0 Å². The first-order valence-corrected chi connectivity index (χ1v) is 8.45. The summed E-state index contributed by atoms with van der Waals surface area (Å²) in [5.41, 5.74) is 3.76. The maximum absolute atomic E-state index is 12.3. The lowest BCUT2D eigenvalue weighted by Crippen LogP contribution is -2.41. The van der Waals surface area contributed by atoms with Crippen LogP contribution in [0.25, 0.3) is 0 Å². The quantitative estimate of drug-likeness (QED) is 0.577. The van der Waals surface area contributed by atoms with Gasteiger partial charge in [-0.25, -0.2) is 0 Å². The number of hydrogen-bond donors (Lipinski definition) is 0. The maximum atomic E-state index is 12.3. The average molecular weight is 258 g/mol. The number of fused-ring (bicyclic) bond motifs is 4. The fraction of sp³-hybridized carbons (Fsp3) is 0.833. The van der Waals surface area contributed by atoms with Crippen LogP contribution in [0.1, 0.15) is 71.1 Å². The summed E-state index contributed by atoms with van der Waals surface area (Å²) in [5.74, 6) is 2.99. The Morgan fingerprint density at radius 3 is 2.74 bits per heavy atom. The van der Waals surface area contributed by atoms with Gasteiger partial charge in [-0.15, -0.1) is 0 Å². The number of hydrogen-bond acceptors (Lipinski definition) is 1. The van der Waals surface area contributed by atoms with E-state index in [9.17, 15) is 4.79 Å². The number of ketones is 1. The highest BCUT2D eigenvalue weighted by atomic mass is 16.1. The standard InChI is InChI=1S/C18H26O/c1-18-11-10-14-13-5-3-2-4-12(13)6-7-15(14)16(18)8-9-17(18)19/h12,15-16H,2-11H2,1H3/t12?,15-,16+,18+/m1/s1. The van der Waals surface area contributed by atoms with E-state index in [-0.39, 0.29) is 5.41 Å². The number of Topliss-reactive ketones (excluding diaryl/α,β-unsaturated/α-hetero) is 1. The van der Waals surface area contributed by atoms with Crippen LogP contribution in [0.15, 0.2) is 11.1 Å². The third kappa shape index (κ3) is 1.63. The largest absolute Gasteiger partial charge is 0.299 e. The van der Waals surface area contributed by atoms with Crippen molar-refractivity contribution < 1.29 is 4.79 Å². The van der Waals surface area contributed by atoms with Crippen LogP contribution in [0.5, 0.6) is 0 Å². The summed E-state index contributed by atoms with van der Waals surface area (Å²) in [6.45, 7) is 2.28. The summed E-state index contributed by atoms with van der Waals surface area (Å²) in [7, 11) is 0. The second-order valence-corrected chi connectivity index (χ2v) is 7.66. The molecule has 0 aliphatic heterocycles. The number of carbonyl (C=O) groups excluding carboxylic acids is 1. The Hall–Kier alpha value is -0.590. The molecular formula is C18H26O. The van der Waals surface area contributed by atoms with E-state index in [1.165, 1.54) is 51.4 Å². The average Bonchev–Trinajstić information content (AvgIpc) is 2.75. The molecule has 0 aromatic carbocycles. The predicted molar refractivity (Wildman–Crippen MR) is 76.8 cm³/mol. The highest BCUT2D eigenvalue weighted by Crippen LogP contribution is 2.59. The molecule has 1 nitrogen and oxygen atoms in total. The summed E-state index contributed by atoms with van der Waals surface area (Å²) in [6, 6.07) is 0. The Labute approximate surface area is 116 Å². The normalized spacial score (nSPS) is 45.7. The molecule has 1 heteroatoms. The van der Waals surface area contributed by atoms with Crippen LogP contribution in [0.2, 0.25) is 0 Å². The minimum Gasteiger partial charge on any atom is -0.299 e. The Kier molecular flexibility index (Phi) is 2.69. The summed E-state index contributed by atoms with van der Waals surface area (Å²) in [4.78, 5) is 12.3. The Morgan fingerprint density at radius 1 is 0.947 bits per heavy atom. The van der Waals surface area contributed by atoms with E-state index in [2.05, 4.69) is 6.92 Å². The van der Waals surface area contributed by atoms with Gasteiger partial charge >= 0.3 is 0 Å². The highest BCUT2D eigenvalue weighted by Gasteiger charge is 2.53. The lowest BCUT2D eigenvalue weighted by Gasteiger charge is -2.48. The molecule has 0 bridgehead atoms. The van der Waals surface area contributed by atoms with Crippen molar-refractivity contribution in [3.05, 3.63) is 11.1 Å². The third-order valence-corrected chi connectivity index (χ3v) is 6.96. The van der Waals surface area contributed by atoms with Gasteiger partial charge in [-0.1, -0.05) is 24.5 Å². The Balaban J connectivity index is 1.72. The van der Waals surface area contributed by atoms with E-state index in [0.717, 1.165) is 24.7 Å². The second-order valence-electron chi connectivity index (χ2n) is 7.66. The second kappa shape index (κ2) is 4.20. The Morgan fingerprint density at radius 2 is 1.84 bits per heavy atom. The number of rotatable bonds is 0. The molecule has 0 saturated heterocycles. The zero-order valence-electron chi connectivity index (χ0n) is 12.2. The van der Waals surface area contributed by atoms with Gasteiger partial charge in [0, 0.05) is 11.8 Å². The summed E-state index contributed by atoms with van der Waals surface area (Å²) in [5, 5.41) is 0. The van der Waals surface area contributed by atoms with E-state index in [1.54, 1.807) is 0 Å². The van der Waals surface area contributed by atoms with Gasteiger partial charge in [0.1, 0.15) is 5.78 Å². The molecule has 0 spiro atoms. The van der Waals surface area contributed by atoms with Crippen LogP contribution in [-0.4, -0.2) is 5.78 Å². The molecule has 4 atom stereocenters. The lowest BCUT2D eigenvalue weighted by molar-refractivity contribution is -0.128. The van der Waals surface area contributed by atoms with Crippen LogP contribution in [0, 0.1) is 23.2 Å². The number of allylic oxidation sites excluding steroid dienone is 2. The van der Waals surface area contributed by atoms with Crippen LogP contribution in [0.3, 0.4) is 0 Å². The molecule has 4 aliphatic rings. The smallest absolute Gasteiger partial charge is 0.139 e. The van der Waals surface area contributed by atoms with Gasteiger partial charge in [-0.3, -0.25) is 4.79 Å². The van der Waals surface area contributed by atoms with Crippen molar-refractivity contribution in [2.24, 2.45) is 23.2 Å². The topological polar surface area (TPSA) is 17.1 Å². The molecule has 4 rings (SSSR count). The van der Waals surface area contributed by atoms with Gasteiger partial charge in [-0.05, 0) is 69.1 Å². The van der Waals surface area contributed by atoms with Crippen LogP contribution >= 0.6 is 0 Å². The third-order valence-electron chi connectivity index (χ3n) is 6.96. The molecule has 0 aromatic rings. The van der Waals surface area contributed by atoms with Gasteiger partial charge in [0.25, 0.3) is 0 Å². The van der Waals surface area contributed by atoms with Crippen molar-refractivity contribution in [1.82, 2.24) is 0 Å². The maximum Gasteiger partial charge on any atom is 0.139 e. The zero-order chi connectivity index (χ0) is 13.0. The first-order valence-electron chi connectivity index (χ1n) is 8.45. The molecule has 4 aliphatic carbocycles. The van der Waals surface area contributed by atoms with E-state index < -0.39 is 0 Å². The minimum atomic E-state index is 0.0518. The van der Waals surface area contributed by atoms with Gasteiger partial charge in [-0.2, -0.15) is 0 Å². The fourth-order valence-corrected chi connectivity index (χ4v) is 5.87. The summed E-state index contributed by atoms with van der Waals surface area (Å²) >= 11 is 0. The molecule has 0 radical (unpaired) electrons. The van der Waals surface area contributed by atoms with E-state index in [0.29, 0.717) is 11.7 Å². The van der Waals surface area contributed by atoms with Crippen LogP contribution < -0.4 is 0 Å². The summed E-state index contributed by atoms with van der Waals surface area (Å²) in [6.07, 6.45) is 13.0. The van der Waals surface area contributed by atoms with Crippen molar-refractivity contribution >= 4 is 5.78 Å². The van der Waals surface area contributed by atoms with Crippen LogP contribution in [0.4, 0.5) is 0 Å².